The zero-order valence-electron chi connectivity index (χ0n) is 6.89. The lowest BCUT2D eigenvalue weighted by molar-refractivity contribution is 0.245. The Balaban J connectivity index is 2.39. The largest absolute Gasteiger partial charge is 0.321 e. The van der Waals surface area contributed by atoms with Gasteiger partial charge in [-0.05, 0) is 25.3 Å². The molecule has 0 aromatic heterocycles. The normalized spacial score (nSPS) is 20.2. The Kier molecular flexibility index (Phi) is 1.65. The fraction of sp³-hybridized carbons (Fsp3) is 0.400. The summed E-state index contributed by atoms with van der Waals surface area (Å²) in [6.07, 6.45) is 2.94. The summed E-state index contributed by atoms with van der Waals surface area (Å²) in [6.45, 7) is 0. The van der Waals surface area contributed by atoms with Crippen molar-refractivity contribution in [2.24, 2.45) is 5.73 Å². The monoisotopic (exact) mass is 165 g/mol. The second-order valence-electron chi connectivity index (χ2n) is 3.49. The topological polar surface area (TPSA) is 26.0 Å². The lowest BCUT2D eigenvalue weighted by atomic mass is 9.72. The third-order valence-corrected chi connectivity index (χ3v) is 2.66. The number of hydrogen-bond acceptors (Lipinski definition) is 1. The molecule has 1 aliphatic carbocycles. The first-order valence-corrected chi connectivity index (χ1v) is 4.26. The lowest BCUT2D eigenvalue weighted by Crippen LogP contribution is -2.43. The summed E-state index contributed by atoms with van der Waals surface area (Å²) in [4.78, 5) is 0. The summed E-state index contributed by atoms with van der Waals surface area (Å²) in [5.41, 5.74) is 6.29. The molecule has 2 N–H and O–H groups in total. The van der Waals surface area contributed by atoms with E-state index in [1.54, 1.807) is 12.1 Å². The van der Waals surface area contributed by atoms with Crippen molar-refractivity contribution in [3.8, 4) is 0 Å². The van der Waals surface area contributed by atoms with Crippen LogP contribution in [0.25, 0.3) is 0 Å². The molecule has 2 heteroatoms. The fourth-order valence-electron chi connectivity index (χ4n) is 1.69. The van der Waals surface area contributed by atoms with Crippen LogP contribution in [0.4, 0.5) is 4.39 Å². The molecule has 0 unspecified atom stereocenters. The van der Waals surface area contributed by atoms with Gasteiger partial charge in [0.15, 0.2) is 0 Å². The van der Waals surface area contributed by atoms with Gasteiger partial charge in [-0.1, -0.05) is 18.2 Å². The molecule has 0 saturated heterocycles. The van der Waals surface area contributed by atoms with Crippen LogP contribution in [-0.4, -0.2) is 0 Å². The van der Waals surface area contributed by atoms with Crippen LogP contribution in [0, 0.1) is 5.82 Å². The summed E-state index contributed by atoms with van der Waals surface area (Å²) in [7, 11) is 0. The van der Waals surface area contributed by atoms with E-state index in [4.69, 9.17) is 5.73 Å². The van der Waals surface area contributed by atoms with Gasteiger partial charge in [-0.15, -0.1) is 0 Å². The molecular formula is C10H12FN. The van der Waals surface area contributed by atoms with E-state index in [1.807, 2.05) is 6.07 Å². The molecular weight excluding hydrogens is 153 g/mol. The minimum Gasteiger partial charge on any atom is -0.321 e. The number of nitrogens with two attached hydrogens (primary N) is 1. The molecule has 64 valence electrons. The van der Waals surface area contributed by atoms with E-state index in [-0.39, 0.29) is 11.4 Å². The van der Waals surface area contributed by atoms with E-state index in [0.29, 0.717) is 5.56 Å². The summed E-state index contributed by atoms with van der Waals surface area (Å²) >= 11 is 0. The Morgan fingerprint density at radius 3 is 2.42 bits per heavy atom. The standard InChI is InChI=1S/C10H12FN/c11-9-5-2-1-4-8(9)10(12)6-3-7-10/h1-2,4-5H,3,6-7,12H2. The summed E-state index contributed by atoms with van der Waals surface area (Å²) in [6, 6.07) is 6.79. The molecule has 2 rings (SSSR count). The zero-order valence-corrected chi connectivity index (χ0v) is 6.89. The Morgan fingerprint density at radius 1 is 1.25 bits per heavy atom. The molecule has 0 spiro atoms. The van der Waals surface area contributed by atoms with Crippen LogP contribution in [0.1, 0.15) is 24.8 Å². The van der Waals surface area contributed by atoms with Gasteiger partial charge in [-0.3, -0.25) is 0 Å². The third-order valence-electron chi connectivity index (χ3n) is 2.66. The highest BCUT2D eigenvalue weighted by atomic mass is 19.1. The minimum atomic E-state index is -0.370. The second-order valence-corrected chi connectivity index (χ2v) is 3.49. The van der Waals surface area contributed by atoms with Gasteiger partial charge in [0.1, 0.15) is 5.82 Å². The maximum absolute atomic E-state index is 13.2. The maximum Gasteiger partial charge on any atom is 0.128 e. The highest BCUT2D eigenvalue weighted by molar-refractivity contribution is 5.27. The van der Waals surface area contributed by atoms with Crippen LogP contribution < -0.4 is 5.73 Å². The first-order valence-electron chi connectivity index (χ1n) is 4.26. The summed E-state index contributed by atoms with van der Waals surface area (Å²) in [5.74, 6) is -0.167. The van der Waals surface area contributed by atoms with Gasteiger partial charge < -0.3 is 5.73 Å². The van der Waals surface area contributed by atoms with Gasteiger partial charge >= 0.3 is 0 Å². The maximum atomic E-state index is 13.2. The van der Waals surface area contributed by atoms with E-state index >= 15 is 0 Å². The molecule has 0 bridgehead atoms. The number of benzene rings is 1. The first-order chi connectivity index (χ1) is 5.72. The van der Waals surface area contributed by atoms with Gasteiger partial charge in [-0.2, -0.15) is 0 Å². The Labute approximate surface area is 71.4 Å². The predicted octanol–water partition coefficient (Wildman–Crippen LogP) is 2.16. The molecule has 1 aromatic carbocycles. The van der Waals surface area contributed by atoms with E-state index in [2.05, 4.69) is 0 Å². The molecule has 1 aromatic rings. The van der Waals surface area contributed by atoms with Crippen LogP contribution in [0.2, 0.25) is 0 Å². The molecule has 0 amide bonds. The van der Waals surface area contributed by atoms with Crippen molar-refractivity contribution in [3.63, 3.8) is 0 Å². The number of hydrogen-bond donors (Lipinski definition) is 1. The van der Waals surface area contributed by atoms with E-state index in [0.717, 1.165) is 19.3 Å². The quantitative estimate of drug-likeness (QED) is 0.678. The molecule has 0 radical (unpaired) electrons. The summed E-state index contributed by atoms with van der Waals surface area (Å²) in [5, 5.41) is 0. The molecule has 0 heterocycles. The van der Waals surface area contributed by atoms with Crippen molar-refractivity contribution in [2.75, 3.05) is 0 Å². The van der Waals surface area contributed by atoms with Gasteiger partial charge in [0.25, 0.3) is 0 Å². The minimum absolute atomic E-state index is 0.167. The molecule has 12 heavy (non-hydrogen) atoms. The van der Waals surface area contributed by atoms with Crippen LogP contribution in [0.5, 0.6) is 0 Å². The van der Waals surface area contributed by atoms with Crippen molar-refractivity contribution in [3.05, 3.63) is 35.6 Å². The Morgan fingerprint density at radius 2 is 1.92 bits per heavy atom. The van der Waals surface area contributed by atoms with Gasteiger partial charge in [-0.25, -0.2) is 4.39 Å². The first kappa shape index (κ1) is 7.74. The third kappa shape index (κ3) is 1.03. The van der Waals surface area contributed by atoms with Gasteiger partial charge in [0.05, 0.1) is 0 Å². The molecule has 1 nitrogen and oxygen atoms in total. The van der Waals surface area contributed by atoms with Crippen LogP contribution in [-0.2, 0) is 5.54 Å². The van der Waals surface area contributed by atoms with Crippen LogP contribution in [0.3, 0.4) is 0 Å². The predicted molar refractivity (Wildman–Crippen MR) is 46.1 cm³/mol. The molecule has 1 saturated carbocycles. The number of rotatable bonds is 1. The van der Waals surface area contributed by atoms with Crippen LogP contribution in [0.15, 0.2) is 24.3 Å². The van der Waals surface area contributed by atoms with Gasteiger partial charge in [0.2, 0.25) is 0 Å². The molecule has 0 aliphatic heterocycles. The Hall–Kier alpha value is -0.890. The van der Waals surface area contributed by atoms with Crippen molar-refractivity contribution >= 4 is 0 Å². The SMILES string of the molecule is NC1(c2ccccc2F)CCC1. The molecule has 1 fully saturated rings. The van der Waals surface area contributed by atoms with Gasteiger partial charge in [0, 0.05) is 11.1 Å². The lowest BCUT2D eigenvalue weighted by Gasteiger charge is -2.38. The molecule has 0 atom stereocenters. The van der Waals surface area contributed by atoms with E-state index in [9.17, 15) is 4.39 Å². The zero-order chi connectivity index (χ0) is 8.60. The highest BCUT2D eigenvalue weighted by Crippen LogP contribution is 2.39. The van der Waals surface area contributed by atoms with Crippen molar-refractivity contribution in [1.82, 2.24) is 0 Å². The van der Waals surface area contributed by atoms with Crippen LogP contribution >= 0.6 is 0 Å². The average Bonchev–Trinajstić information content (AvgIpc) is 2.01. The summed E-state index contributed by atoms with van der Waals surface area (Å²) < 4.78 is 13.2. The van der Waals surface area contributed by atoms with Crippen molar-refractivity contribution in [2.45, 2.75) is 24.8 Å². The number of halogens is 1. The Bertz CT molecular complexity index is 292. The average molecular weight is 165 g/mol. The second kappa shape index (κ2) is 2.56. The van der Waals surface area contributed by atoms with Crippen molar-refractivity contribution < 1.29 is 4.39 Å². The smallest absolute Gasteiger partial charge is 0.128 e. The fourth-order valence-corrected chi connectivity index (χ4v) is 1.69. The van der Waals surface area contributed by atoms with Crippen molar-refractivity contribution in [1.29, 1.82) is 0 Å². The molecule has 1 aliphatic rings. The van der Waals surface area contributed by atoms with E-state index in [1.165, 1.54) is 6.07 Å². The highest BCUT2D eigenvalue weighted by Gasteiger charge is 2.36. The van der Waals surface area contributed by atoms with E-state index < -0.39 is 0 Å².